The molecule has 7 nitrogen and oxygen atoms in total. The first-order valence-corrected chi connectivity index (χ1v) is 4.08. The topological polar surface area (TPSA) is 105 Å². The standard InChI is InChI=1S/C8H10N2O5/c1-5-2-7(10-15-5)13-4-8(12)14-3-6(9)11/h2H,3-4H2,1H3,(H2,9,11). The molecule has 0 aliphatic rings. The van der Waals surface area contributed by atoms with Gasteiger partial charge < -0.3 is 19.7 Å². The van der Waals surface area contributed by atoms with Crippen molar-refractivity contribution in [3.05, 3.63) is 11.8 Å². The number of esters is 1. The van der Waals surface area contributed by atoms with Crippen molar-refractivity contribution in [2.24, 2.45) is 5.73 Å². The molecule has 1 aromatic rings. The molecule has 1 rings (SSSR count). The van der Waals surface area contributed by atoms with Crippen LogP contribution < -0.4 is 10.5 Å². The number of hydrogen-bond donors (Lipinski definition) is 1. The minimum absolute atomic E-state index is 0.184. The summed E-state index contributed by atoms with van der Waals surface area (Å²) in [5.41, 5.74) is 4.77. The molecule has 0 aliphatic carbocycles. The number of rotatable bonds is 5. The van der Waals surface area contributed by atoms with Crippen LogP contribution in [0.3, 0.4) is 0 Å². The largest absolute Gasteiger partial charge is 0.463 e. The molecule has 0 unspecified atom stereocenters. The second kappa shape index (κ2) is 4.99. The predicted molar refractivity (Wildman–Crippen MR) is 46.9 cm³/mol. The molecule has 0 spiro atoms. The van der Waals surface area contributed by atoms with E-state index in [1.807, 2.05) is 0 Å². The van der Waals surface area contributed by atoms with Gasteiger partial charge in [0, 0.05) is 6.07 Å². The van der Waals surface area contributed by atoms with E-state index in [2.05, 4.69) is 9.89 Å². The van der Waals surface area contributed by atoms with E-state index >= 15 is 0 Å². The predicted octanol–water partition coefficient (Wildman–Crippen LogP) is -0.610. The van der Waals surface area contributed by atoms with Crippen LogP contribution in [-0.2, 0) is 14.3 Å². The van der Waals surface area contributed by atoms with Crippen molar-refractivity contribution < 1.29 is 23.6 Å². The van der Waals surface area contributed by atoms with Crippen LogP contribution in [0, 0.1) is 6.92 Å². The SMILES string of the molecule is Cc1cc(OCC(=O)OCC(N)=O)no1. The number of nitrogens with zero attached hydrogens (tertiary/aromatic N) is 1. The molecule has 1 amide bonds. The summed E-state index contributed by atoms with van der Waals surface area (Å²) in [7, 11) is 0. The Morgan fingerprint density at radius 2 is 2.27 bits per heavy atom. The van der Waals surface area contributed by atoms with E-state index in [4.69, 9.17) is 15.0 Å². The molecule has 82 valence electrons. The van der Waals surface area contributed by atoms with E-state index in [1.165, 1.54) is 6.07 Å². The third kappa shape index (κ3) is 4.12. The average Bonchev–Trinajstić information content (AvgIpc) is 2.58. The maximum atomic E-state index is 10.9. The van der Waals surface area contributed by atoms with E-state index in [0.717, 1.165) is 0 Å². The molecule has 0 aromatic carbocycles. The third-order valence-corrected chi connectivity index (χ3v) is 1.32. The molecule has 15 heavy (non-hydrogen) atoms. The second-order valence-corrected chi connectivity index (χ2v) is 2.69. The molecule has 0 aliphatic heterocycles. The minimum atomic E-state index is -0.722. The Balaban J connectivity index is 2.25. The Kier molecular flexibility index (Phi) is 3.67. The molecule has 1 heterocycles. The highest BCUT2D eigenvalue weighted by Crippen LogP contribution is 2.09. The van der Waals surface area contributed by atoms with Gasteiger partial charge in [0.05, 0.1) is 0 Å². The van der Waals surface area contributed by atoms with Gasteiger partial charge >= 0.3 is 5.97 Å². The minimum Gasteiger partial charge on any atom is -0.463 e. The maximum Gasteiger partial charge on any atom is 0.344 e. The zero-order valence-corrected chi connectivity index (χ0v) is 8.06. The summed E-state index contributed by atoms with van der Waals surface area (Å²) in [5, 5.41) is 3.49. The van der Waals surface area contributed by atoms with E-state index in [-0.39, 0.29) is 12.5 Å². The highest BCUT2D eigenvalue weighted by atomic mass is 16.6. The summed E-state index contributed by atoms with van der Waals surface area (Å²) in [6, 6.07) is 1.52. The number of carbonyl (C=O) groups excluding carboxylic acids is 2. The van der Waals surface area contributed by atoms with E-state index in [9.17, 15) is 9.59 Å². The number of carbonyl (C=O) groups is 2. The number of ether oxygens (including phenoxy) is 2. The van der Waals surface area contributed by atoms with Gasteiger partial charge in [0.1, 0.15) is 5.76 Å². The number of nitrogens with two attached hydrogens (primary N) is 1. The summed E-state index contributed by atoms with van der Waals surface area (Å²) in [6.07, 6.45) is 0. The molecule has 0 fully saturated rings. The molecule has 1 aromatic heterocycles. The van der Waals surface area contributed by atoms with Crippen LogP contribution in [0.1, 0.15) is 5.76 Å². The monoisotopic (exact) mass is 214 g/mol. The van der Waals surface area contributed by atoms with Gasteiger partial charge in [0.25, 0.3) is 11.8 Å². The second-order valence-electron chi connectivity index (χ2n) is 2.69. The average molecular weight is 214 g/mol. The van der Waals surface area contributed by atoms with Crippen LogP contribution in [-0.4, -0.2) is 30.2 Å². The summed E-state index contributed by atoms with van der Waals surface area (Å²) >= 11 is 0. The maximum absolute atomic E-state index is 10.9. The summed E-state index contributed by atoms with van der Waals surface area (Å²) in [4.78, 5) is 21.2. The van der Waals surface area contributed by atoms with E-state index in [1.54, 1.807) is 6.92 Å². The van der Waals surface area contributed by atoms with Crippen molar-refractivity contribution >= 4 is 11.9 Å². The van der Waals surface area contributed by atoms with Gasteiger partial charge in [-0.2, -0.15) is 0 Å². The lowest BCUT2D eigenvalue weighted by Gasteiger charge is -2.01. The smallest absolute Gasteiger partial charge is 0.344 e. The van der Waals surface area contributed by atoms with Crippen LogP contribution in [0.4, 0.5) is 0 Å². The van der Waals surface area contributed by atoms with Gasteiger partial charge in [0.2, 0.25) is 0 Å². The number of primary amides is 1. The van der Waals surface area contributed by atoms with E-state index in [0.29, 0.717) is 5.76 Å². The summed E-state index contributed by atoms with van der Waals surface area (Å²) in [5.74, 6) is -0.672. The third-order valence-electron chi connectivity index (χ3n) is 1.32. The molecular weight excluding hydrogens is 204 g/mol. The summed E-state index contributed by atoms with van der Waals surface area (Å²) < 4.78 is 14.0. The Hall–Kier alpha value is -2.05. The molecule has 0 saturated heterocycles. The number of aryl methyl sites for hydroxylation is 1. The molecular formula is C8H10N2O5. The molecule has 0 bridgehead atoms. The Bertz CT molecular complexity index is 360. The van der Waals surface area contributed by atoms with Crippen LogP contribution in [0.5, 0.6) is 5.88 Å². The van der Waals surface area contributed by atoms with Gasteiger partial charge in [-0.05, 0) is 12.1 Å². The molecule has 7 heteroatoms. The Labute approximate surface area is 85.1 Å². The van der Waals surface area contributed by atoms with Crippen molar-refractivity contribution in [2.45, 2.75) is 6.92 Å². The first-order valence-electron chi connectivity index (χ1n) is 4.08. The van der Waals surface area contributed by atoms with Crippen LogP contribution in [0.2, 0.25) is 0 Å². The zero-order chi connectivity index (χ0) is 11.3. The molecule has 0 radical (unpaired) electrons. The van der Waals surface area contributed by atoms with Gasteiger partial charge in [-0.15, -0.1) is 0 Å². The Morgan fingerprint density at radius 1 is 1.53 bits per heavy atom. The fraction of sp³-hybridized carbons (Fsp3) is 0.375. The van der Waals surface area contributed by atoms with Crippen LogP contribution in [0.15, 0.2) is 10.6 Å². The normalized spacial score (nSPS) is 9.67. The highest BCUT2D eigenvalue weighted by Gasteiger charge is 2.08. The van der Waals surface area contributed by atoms with Crippen molar-refractivity contribution in [1.29, 1.82) is 0 Å². The van der Waals surface area contributed by atoms with Crippen LogP contribution >= 0.6 is 0 Å². The number of aromatic nitrogens is 1. The van der Waals surface area contributed by atoms with Gasteiger partial charge in [-0.25, -0.2) is 4.79 Å². The van der Waals surface area contributed by atoms with Crippen LogP contribution in [0.25, 0.3) is 0 Å². The molecule has 0 atom stereocenters. The lowest BCUT2D eigenvalue weighted by Crippen LogP contribution is -2.23. The lowest BCUT2D eigenvalue weighted by molar-refractivity contribution is -0.149. The number of amides is 1. The quantitative estimate of drug-likeness (QED) is 0.655. The first kappa shape index (κ1) is 11.0. The number of hydrogen-bond acceptors (Lipinski definition) is 6. The van der Waals surface area contributed by atoms with Gasteiger partial charge in [-0.3, -0.25) is 4.79 Å². The van der Waals surface area contributed by atoms with Crippen molar-refractivity contribution in [3.63, 3.8) is 0 Å². The van der Waals surface area contributed by atoms with Crippen molar-refractivity contribution in [3.8, 4) is 5.88 Å². The van der Waals surface area contributed by atoms with Gasteiger partial charge in [-0.1, -0.05) is 0 Å². The zero-order valence-electron chi connectivity index (χ0n) is 8.06. The molecule has 2 N–H and O–H groups in total. The van der Waals surface area contributed by atoms with Crippen molar-refractivity contribution in [1.82, 2.24) is 5.16 Å². The van der Waals surface area contributed by atoms with Crippen molar-refractivity contribution in [2.75, 3.05) is 13.2 Å². The van der Waals surface area contributed by atoms with E-state index < -0.39 is 18.5 Å². The Morgan fingerprint density at radius 3 is 2.80 bits per heavy atom. The summed E-state index contributed by atoms with van der Waals surface area (Å²) in [6.45, 7) is 0.880. The fourth-order valence-corrected chi connectivity index (χ4v) is 0.738. The van der Waals surface area contributed by atoms with Gasteiger partial charge in [0.15, 0.2) is 13.2 Å². The fourth-order valence-electron chi connectivity index (χ4n) is 0.738. The lowest BCUT2D eigenvalue weighted by atomic mass is 10.5. The first-order chi connectivity index (χ1) is 7.08. The highest BCUT2D eigenvalue weighted by molar-refractivity contribution is 5.79. The molecule has 0 saturated carbocycles.